The molecule has 0 fully saturated rings. The van der Waals surface area contributed by atoms with Crippen molar-refractivity contribution in [3.63, 3.8) is 0 Å². The van der Waals surface area contributed by atoms with E-state index < -0.39 is 0 Å². The van der Waals surface area contributed by atoms with Gasteiger partial charge in [-0.3, -0.25) is 0 Å². The van der Waals surface area contributed by atoms with Crippen LogP contribution in [0, 0.1) is 0 Å². The van der Waals surface area contributed by atoms with E-state index in [4.69, 9.17) is 11.6 Å². The number of hydrogen-bond acceptors (Lipinski definition) is 1. The van der Waals surface area contributed by atoms with Gasteiger partial charge in [-0.05, 0) is 18.6 Å². The Bertz CT molecular complexity index is 283. The van der Waals surface area contributed by atoms with Gasteiger partial charge in [0.15, 0.2) is 0 Å². The summed E-state index contributed by atoms with van der Waals surface area (Å²) < 4.78 is 0. The predicted octanol–water partition coefficient (Wildman–Crippen LogP) is 3.18. The number of halogens is 1. The normalized spacial score (nSPS) is 12.5. The molecule has 0 amide bonds. The molecule has 0 aliphatic heterocycles. The topological polar surface area (TPSA) is 12.0 Å². The van der Waals surface area contributed by atoms with Crippen molar-refractivity contribution in [1.82, 2.24) is 5.32 Å². The molecule has 0 radical (unpaired) electrons. The Hall–Kier alpha value is -0.790. The molecule has 1 aromatic carbocycles. The van der Waals surface area contributed by atoms with E-state index in [1.165, 1.54) is 0 Å². The summed E-state index contributed by atoms with van der Waals surface area (Å²) in [7, 11) is 0. The summed E-state index contributed by atoms with van der Waals surface area (Å²) in [5.41, 5.74) is 1.13. The summed E-state index contributed by atoms with van der Waals surface area (Å²) in [6, 6.07) is 8.14. The van der Waals surface area contributed by atoms with Crippen molar-refractivity contribution in [2.75, 3.05) is 6.54 Å². The average Bonchev–Trinajstić information content (AvgIpc) is 2.15. The fraction of sp³-hybridized carbons (Fsp3) is 0.273. The van der Waals surface area contributed by atoms with Crippen molar-refractivity contribution in [1.29, 1.82) is 0 Å². The lowest BCUT2D eigenvalue weighted by Gasteiger charge is -2.13. The highest BCUT2D eigenvalue weighted by Gasteiger charge is 2.06. The van der Waals surface area contributed by atoms with E-state index in [0.29, 0.717) is 0 Å². The summed E-state index contributed by atoms with van der Waals surface area (Å²) in [6.45, 7) is 6.54. The maximum Gasteiger partial charge on any atom is 0.0453 e. The minimum atomic E-state index is 0.270. The van der Waals surface area contributed by atoms with Crippen LogP contribution in [0.4, 0.5) is 0 Å². The molecular weight excluding hydrogens is 182 g/mol. The Balaban J connectivity index is 2.70. The van der Waals surface area contributed by atoms with Crippen molar-refractivity contribution < 1.29 is 0 Å². The molecule has 0 saturated carbocycles. The zero-order chi connectivity index (χ0) is 9.68. The van der Waals surface area contributed by atoms with Gasteiger partial charge >= 0.3 is 0 Å². The van der Waals surface area contributed by atoms with Crippen molar-refractivity contribution in [2.45, 2.75) is 13.0 Å². The van der Waals surface area contributed by atoms with Gasteiger partial charge in [0.25, 0.3) is 0 Å². The molecular formula is C11H14ClN. The van der Waals surface area contributed by atoms with Crippen LogP contribution >= 0.6 is 11.6 Å². The molecule has 1 nitrogen and oxygen atoms in total. The highest BCUT2D eigenvalue weighted by Crippen LogP contribution is 2.21. The number of nitrogens with one attached hydrogen (secondary N) is 1. The molecule has 1 aromatic rings. The number of benzene rings is 1. The van der Waals surface area contributed by atoms with Crippen molar-refractivity contribution >= 4 is 11.6 Å². The molecule has 0 spiro atoms. The van der Waals surface area contributed by atoms with E-state index in [-0.39, 0.29) is 6.04 Å². The Morgan fingerprint density at radius 3 is 2.85 bits per heavy atom. The first-order valence-electron chi connectivity index (χ1n) is 4.34. The third-order valence-electron chi connectivity index (χ3n) is 1.94. The zero-order valence-corrected chi connectivity index (χ0v) is 8.51. The molecule has 1 rings (SSSR count). The van der Waals surface area contributed by atoms with E-state index in [2.05, 4.69) is 18.8 Å². The largest absolute Gasteiger partial charge is 0.307 e. The first-order valence-corrected chi connectivity index (χ1v) is 4.72. The molecule has 0 heterocycles. The van der Waals surface area contributed by atoms with Gasteiger partial charge in [0.1, 0.15) is 0 Å². The summed E-state index contributed by atoms with van der Waals surface area (Å²) in [5.74, 6) is 0. The van der Waals surface area contributed by atoms with Crippen LogP contribution < -0.4 is 5.32 Å². The summed E-state index contributed by atoms with van der Waals surface area (Å²) in [5, 5.41) is 4.10. The summed E-state index contributed by atoms with van der Waals surface area (Å²) in [4.78, 5) is 0. The Morgan fingerprint density at radius 2 is 2.23 bits per heavy atom. The molecule has 2 heteroatoms. The van der Waals surface area contributed by atoms with Crippen LogP contribution in [0.15, 0.2) is 36.9 Å². The molecule has 0 aliphatic rings. The highest BCUT2D eigenvalue weighted by atomic mass is 35.5. The van der Waals surface area contributed by atoms with E-state index in [9.17, 15) is 0 Å². The lowest BCUT2D eigenvalue weighted by Crippen LogP contribution is -2.18. The van der Waals surface area contributed by atoms with Crippen LogP contribution in [-0.2, 0) is 0 Å². The fourth-order valence-corrected chi connectivity index (χ4v) is 1.50. The monoisotopic (exact) mass is 195 g/mol. The highest BCUT2D eigenvalue weighted by molar-refractivity contribution is 6.31. The van der Waals surface area contributed by atoms with Crippen molar-refractivity contribution in [3.8, 4) is 0 Å². The average molecular weight is 196 g/mol. The van der Waals surface area contributed by atoms with Crippen LogP contribution in [0.1, 0.15) is 18.5 Å². The molecule has 0 saturated heterocycles. The molecule has 0 aromatic heterocycles. The molecule has 1 N–H and O–H groups in total. The smallest absolute Gasteiger partial charge is 0.0453 e. The Labute approximate surface area is 84.4 Å². The van der Waals surface area contributed by atoms with E-state index in [1.807, 2.05) is 30.3 Å². The van der Waals surface area contributed by atoms with Gasteiger partial charge in [-0.1, -0.05) is 35.9 Å². The summed E-state index contributed by atoms with van der Waals surface area (Å²) >= 11 is 6.03. The number of rotatable bonds is 4. The molecule has 70 valence electrons. The van der Waals surface area contributed by atoms with Gasteiger partial charge in [0.05, 0.1) is 0 Å². The minimum absolute atomic E-state index is 0.270. The van der Waals surface area contributed by atoms with E-state index in [0.717, 1.165) is 17.1 Å². The predicted molar refractivity (Wildman–Crippen MR) is 58.1 cm³/mol. The van der Waals surface area contributed by atoms with Crippen molar-refractivity contribution in [2.24, 2.45) is 0 Å². The lowest BCUT2D eigenvalue weighted by atomic mass is 10.1. The van der Waals surface area contributed by atoms with Crippen LogP contribution in [-0.4, -0.2) is 6.54 Å². The Kier molecular flexibility index (Phi) is 4.00. The zero-order valence-electron chi connectivity index (χ0n) is 7.76. The maximum absolute atomic E-state index is 6.03. The SMILES string of the molecule is C=CCN[C@H](C)c1ccccc1Cl. The first-order chi connectivity index (χ1) is 6.25. The van der Waals surface area contributed by atoms with Crippen LogP contribution in [0.5, 0.6) is 0 Å². The second kappa shape index (κ2) is 5.05. The van der Waals surface area contributed by atoms with E-state index >= 15 is 0 Å². The standard InChI is InChI=1S/C11H14ClN/c1-3-8-13-9(2)10-6-4-5-7-11(10)12/h3-7,9,13H,1,8H2,2H3/t9-/m1/s1. The van der Waals surface area contributed by atoms with E-state index in [1.54, 1.807) is 0 Å². The van der Waals surface area contributed by atoms with Crippen LogP contribution in [0.25, 0.3) is 0 Å². The quantitative estimate of drug-likeness (QED) is 0.728. The molecule has 0 bridgehead atoms. The Morgan fingerprint density at radius 1 is 1.54 bits per heavy atom. The van der Waals surface area contributed by atoms with Gasteiger partial charge in [-0.25, -0.2) is 0 Å². The third-order valence-corrected chi connectivity index (χ3v) is 2.28. The lowest BCUT2D eigenvalue weighted by molar-refractivity contribution is 0.618. The van der Waals surface area contributed by atoms with Gasteiger partial charge in [0.2, 0.25) is 0 Å². The van der Waals surface area contributed by atoms with Crippen LogP contribution in [0.2, 0.25) is 5.02 Å². The second-order valence-corrected chi connectivity index (χ2v) is 3.35. The van der Waals surface area contributed by atoms with Gasteiger partial charge in [-0.15, -0.1) is 6.58 Å². The van der Waals surface area contributed by atoms with Crippen molar-refractivity contribution in [3.05, 3.63) is 47.5 Å². The third kappa shape index (κ3) is 2.87. The van der Waals surface area contributed by atoms with Gasteiger partial charge in [-0.2, -0.15) is 0 Å². The fourth-order valence-electron chi connectivity index (χ4n) is 1.20. The molecule has 1 atom stereocenters. The molecule has 0 aliphatic carbocycles. The molecule has 0 unspecified atom stereocenters. The van der Waals surface area contributed by atoms with Gasteiger partial charge < -0.3 is 5.32 Å². The van der Waals surface area contributed by atoms with Gasteiger partial charge in [0, 0.05) is 17.6 Å². The second-order valence-electron chi connectivity index (χ2n) is 2.94. The molecule has 13 heavy (non-hydrogen) atoms. The summed E-state index contributed by atoms with van der Waals surface area (Å²) in [6.07, 6.45) is 1.84. The minimum Gasteiger partial charge on any atom is -0.307 e. The number of hydrogen-bond donors (Lipinski definition) is 1. The first kappa shape index (κ1) is 10.3. The van der Waals surface area contributed by atoms with Crippen LogP contribution in [0.3, 0.4) is 0 Å². The maximum atomic E-state index is 6.03.